The molecule has 3 rings (SSSR count). The number of anilines is 1. The van der Waals surface area contributed by atoms with Crippen molar-refractivity contribution < 1.29 is 9.53 Å². The summed E-state index contributed by atoms with van der Waals surface area (Å²) in [7, 11) is 3.07. The number of aromatic nitrogens is 3. The molecule has 0 aliphatic heterocycles. The minimum atomic E-state index is -0.460. The predicted molar refractivity (Wildman–Crippen MR) is 80.2 cm³/mol. The second-order valence-electron chi connectivity index (χ2n) is 4.45. The van der Waals surface area contributed by atoms with Crippen LogP contribution in [0, 0.1) is 0 Å². The van der Waals surface area contributed by atoms with Crippen LogP contribution in [0.4, 0.5) is 5.95 Å². The van der Waals surface area contributed by atoms with Crippen LogP contribution in [0.2, 0.25) is 0 Å². The van der Waals surface area contributed by atoms with Crippen LogP contribution < -0.4 is 5.32 Å². The number of H-pyrrole nitrogens is 1. The molecule has 0 atom stereocenters. The van der Waals surface area contributed by atoms with E-state index in [1.54, 1.807) is 7.05 Å². The highest BCUT2D eigenvalue weighted by molar-refractivity contribution is 6.02. The molecule has 0 amide bonds. The number of benzene rings is 1. The lowest BCUT2D eigenvalue weighted by Crippen LogP contribution is -2.08. The molecule has 0 bridgehead atoms. The molecule has 0 fully saturated rings. The van der Waals surface area contributed by atoms with Crippen LogP contribution in [0.1, 0.15) is 10.4 Å². The molecule has 2 heterocycles. The number of fused-ring (bicyclic) bond motifs is 1. The van der Waals surface area contributed by atoms with E-state index in [1.165, 1.54) is 13.3 Å². The van der Waals surface area contributed by atoms with Crippen molar-refractivity contribution in [1.82, 2.24) is 15.0 Å². The summed E-state index contributed by atoms with van der Waals surface area (Å²) >= 11 is 0. The van der Waals surface area contributed by atoms with E-state index < -0.39 is 5.97 Å². The van der Waals surface area contributed by atoms with E-state index in [-0.39, 0.29) is 0 Å². The van der Waals surface area contributed by atoms with Gasteiger partial charge in [-0.1, -0.05) is 18.2 Å². The Hall–Kier alpha value is -2.89. The zero-order chi connectivity index (χ0) is 14.8. The highest BCUT2D eigenvalue weighted by Crippen LogP contribution is 2.30. The van der Waals surface area contributed by atoms with Gasteiger partial charge in [0.1, 0.15) is 5.56 Å². The van der Waals surface area contributed by atoms with Gasteiger partial charge in [-0.25, -0.2) is 14.8 Å². The van der Waals surface area contributed by atoms with Crippen LogP contribution in [0.3, 0.4) is 0 Å². The largest absolute Gasteiger partial charge is 0.465 e. The Morgan fingerprint density at radius 3 is 2.90 bits per heavy atom. The van der Waals surface area contributed by atoms with Crippen LogP contribution >= 0.6 is 0 Å². The third kappa shape index (κ3) is 2.20. The van der Waals surface area contributed by atoms with Gasteiger partial charge in [-0.3, -0.25) is 0 Å². The number of nitrogens with one attached hydrogen (secondary N) is 2. The van der Waals surface area contributed by atoms with E-state index in [2.05, 4.69) is 20.3 Å². The molecule has 0 saturated heterocycles. The van der Waals surface area contributed by atoms with Crippen molar-refractivity contribution in [3.05, 3.63) is 42.2 Å². The van der Waals surface area contributed by atoms with Gasteiger partial charge in [-0.05, 0) is 6.07 Å². The Bertz CT molecular complexity index is 810. The first kappa shape index (κ1) is 13.1. The highest BCUT2D eigenvalue weighted by Gasteiger charge is 2.19. The molecule has 0 aliphatic rings. The van der Waals surface area contributed by atoms with Gasteiger partial charge >= 0.3 is 5.97 Å². The number of hydrogen-bond acceptors (Lipinski definition) is 5. The quantitative estimate of drug-likeness (QED) is 0.721. The lowest BCUT2D eigenvalue weighted by atomic mass is 10.1. The fourth-order valence-corrected chi connectivity index (χ4v) is 2.23. The monoisotopic (exact) mass is 282 g/mol. The van der Waals surface area contributed by atoms with Crippen molar-refractivity contribution in [2.75, 3.05) is 19.5 Å². The van der Waals surface area contributed by atoms with Crippen molar-refractivity contribution in [3.8, 4) is 11.3 Å². The molecule has 6 nitrogen and oxygen atoms in total. The van der Waals surface area contributed by atoms with Gasteiger partial charge in [-0.2, -0.15) is 0 Å². The fourth-order valence-electron chi connectivity index (χ4n) is 2.23. The molecule has 106 valence electrons. The Morgan fingerprint density at radius 2 is 2.14 bits per heavy atom. The van der Waals surface area contributed by atoms with Crippen LogP contribution in [0.25, 0.3) is 22.2 Å². The van der Waals surface area contributed by atoms with E-state index in [9.17, 15) is 4.79 Å². The van der Waals surface area contributed by atoms with Gasteiger partial charge in [0.15, 0.2) is 0 Å². The number of ether oxygens (including phenoxy) is 1. The van der Waals surface area contributed by atoms with Crippen molar-refractivity contribution in [2.45, 2.75) is 0 Å². The molecule has 2 aromatic heterocycles. The van der Waals surface area contributed by atoms with Gasteiger partial charge in [0.25, 0.3) is 0 Å². The van der Waals surface area contributed by atoms with E-state index in [1.807, 2.05) is 30.5 Å². The van der Waals surface area contributed by atoms with Gasteiger partial charge in [0.05, 0.1) is 12.8 Å². The Kier molecular flexibility index (Phi) is 3.27. The van der Waals surface area contributed by atoms with E-state index in [4.69, 9.17) is 4.74 Å². The molecule has 0 spiro atoms. The third-order valence-corrected chi connectivity index (χ3v) is 3.26. The van der Waals surface area contributed by atoms with Crippen LogP contribution in [-0.2, 0) is 4.74 Å². The second kappa shape index (κ2) is 5.24. The number of para-hydroxylation sites is 1. The minimum Gasteiger partial charge on any atom is -0.465 e. The summed E-state index contributed by atoms with van der Waals surface area (Å²) < 4.78 is 4.81. The van der Waals surface area contributed by atoms with Crippen molar-refractivity contribution in [3.63, 3.8) is 0 Å². The van der Waals surface area contributed by atoms with Crippen LogP contribution in [0.5, 0.6) is 0 Å². The average molecular weight is 282 g/mol. The second-order valence-corrected chi connectivity index (χ2v) is 4.45. The number of esters is 1. The summed E-state index contributed by atoms with van der Waals surface area (Å²) in [5.41, 5.74) is 2.69. The molecule has 0 radical (unpaired) electrons. The number of carbonyl (C=O) groups is 1. The molecule has 1 aromatic carbocycles. The number of rotatable bonds is 3. The van der Waals surface area contributed by atoms with Crippen molar-refractivity contribution >= 4 is 22.8 Å². The van der Waals surface area contributed by atoms with Gasteiger partial charge in [0.2, 0.25) is 5.95 Å². The highest BCUT2D eigenvalue weighted by atomic mass is 16.5. The van der Waals surface area contributed by atoms with E-state index >= 15 is 0 Å². The fraction of sp³-hybridized carbons (Fsp3) is 0.133. The first-order valence-corrected chi connectivity index (χ1v) is 6.44. The molecule has 3 aromatic rings. The summed E-state index contributed by atoms with van der Waals surface area (Å²) in [6, 6.07) is 7.83. The number of nitrogens with zero attached hydrogens (tertiary/aromatic N) is 2. The topological polar surface area (TPSA) is 79.9 Å². The Labute approximate surface area is 121 Å². The summed E-state index contributed by atoms with van der Waals surface area (Å²) in [4.78, 5) is 23.6. The minimum absolute atomic E-state index is 0.334. The first-order chi connectivity index (χ1) is 10.2. The zero-order valence-corrected chi connectivity index (χ0v) is 11.7. The number of aromatic amines is 1. The maximum Gasteiger partial charge on any atom is 0.341 e. The zero-order valence-electron chi connectivity index (χ0n) is 11.7. The van der Waals surface area contributed by atoms with Crippen LogP contribution in [-0.4, -0.2) is 35.1 Å². The Balaban J connectivity index is 2.26. The maximum absolute atomic E-state index is 11.9. The summed E-state index contributed by atoms with van der Waals surface area (Å²) in [6.07, 6.45) is 3.31. The van der Waals surface area contributed by atoms with E-state index in [0.29, 0.717) is 17.2 Å². The maximum atomic E-state index is 11.9. The van der Waals surface area contributed by atoms with Gasteiger partial charge in [-0.15, -0.1) is 0 Å². The first-order valence-electron chi connectivity index (χ1n) is 6.44. The molecular weight excluding hydrogens is 268 g/mol. The molecule has 0 saturated carbocycles. The third-order valence-electron chi connectivity index (χ3n) is 3.26. The number of carbonyl (C=O) groups excluding carboxylic acids is 1. The summed E-state index contributed by atoms with van der Waals surface area (Å²) in [6.45, 7) is 0. The molecule has 0 aliphatic carbocycles. The summed E-state index contributed by atoms with van der Waals surface area (Å²) in [5, 5.41) is 3.87. The van der Waals surface area contributed by atoms with Crippen LogP contribution in [0.15, 0.2) is 36.7 Å². The Morgan fingerprint density at radius 1 is 1.33 bits per heavy atom. The molecular formula is C15H14N4O2. The molecule has 21 heavy (non-hydrogen) atoms. The van der Waals surface area contributed by atoms with Gasteiger partial charge < -0.3 is 15.0 Å². The normalized spacial score (nSPS) is 10.6. The standard InChI is InChI=1S/C15H14N4O2/c1-16-15-18-8-11(14(20)21-2)13(19-15)10-7-17-12-6-4-3-5-9(10)12/h3-8,17H,1-2H3,(H,16,18,19). The number of methoxy groups -OCH3 is 1. The summed E-state index contributed by atoms with van der Waals surface area (Å²) in [5.74, 6) is -0.0131. The molecule has 2 N–H and O–H groups in total. The molecule has 0 unspecified atom stereocenters. The van der Waals surface area contributed by atoms with Crippen molar-refractivity contribution in [1.29, 1.82) is 0 Å². The van der Waals surface area contributed by atoms with Crippen molar-refractivity contribution in [2.24, 2.45) is 0 Å². The smallest absolute Gasteiger partial charge is 0.341 e. The SMILES string of the molecule is CNc1ncc(C(=O)OC)c(-c2c[nH]c3ccccc23)n1. The molecule has 6 heteroatoms. The lowest BCUT2D eigenvalue weighted by molar-refractivity contribution is 0.0601. The van der Waals surface area contributed by atoms with Gasteiger partial charge in [0, 0.05) is 35.9 Å². The predicted octanol–water partition coefficient (Wildman–Crippen LogP) is 2.45. The number of hydrogen-bond donors (Lipinski definition) is 2. The average Bonchev–Trinajstić information content (AvgIpc) is 2.97. The lowest BCUT2D eigenvalue weighted by Gasteiger charge is -2.08. The van der Waals surface area contributed by atoms with E-state index in [0.717, 1.165) is 16.5 Å².